The number of fused-ring (bicyclic) bond motifs is 1. The summed E-state index contributed by atoms with van der Waals surface area (Å²) in [6.07, 6.45) is 0. The summed E-state index contributed by atoms with van der Waals surface area (Å²) in [5.41, 5.74) is 8.72. The third-order valence-electron chi connectivity index (χ3n) is 3.31. The van der Waals surface area contributed by atoms with Crippen LogP contribution in [-0.4, -0.2) is 26.0 Å². The highest BCUT2D eigenvalue weighted by molar-refractivity contribution is 7.80. The Hall–Kier alpha value is -3.00. The maximum atomic E-state index is 12.0. The summed E-state index contributed by atoms with van der Waals surface area (Å²) in [6.45, 7) is 2.03. The third-order valence-corrected chi connectivity index (χ3v) is 3.51. The van der Waals surface area contributed by atoms with Crippen LogP contribution in [0.4, 0.5) is 5.69 Å². The molecule has 8 heteroatoms. The van der Waals surface area contributed by atoms with E-state index in [1.54, 1.807) is 0 Å². The molecule has 0 spiro atoms. The van der Waals surface area contributed by atoms with Crippen molar-refractivity contribution in [3.8, 4) is 0 Å². The summed E-state index contributed by atoms with van der Waals surface area (Å²) in [7, 11) is 0. The van der Waals surface area contributed by atoms with Gasteiger partial charge in [0.1, 0.15) is 12.1 Å². The van der Waals surface area contributed by atoms with Crippen molar-refractivity contribution in [2.24, 2.45) is 0 Å². The largest absolute Gasteiger partial charge is 0.331 e. The lowest BCUT2D eigenvalue weighted by Crippen LogP contribution is -2.45. The van der Waals surface area contributed by atoms with Crippen LogP contribution in [0.2, 0.25) is 0 Å². The van der Waals surface area contributed by atoms with Gasteiger partial charge < -0.3 is 5.32 Å². The SMILES string of the molecule is Cc1cccc(NC(=S)NNC(=O)Cn2nnc3ccccc32)c1. The van der Waals surface area contributed by atoms with Crippen molar-refractivity contribution in [2.75, 3.05) is 5.32 Å². The Morgan fingerprint density at radius 2 is 2.00 bits per heavy atom. The van der Waals surface area contributed by atoms with Gasteiger partial charge in [-0.3, -0.25) is 15.6 Å². The van der Waals surface area contributed by atoms with Gasteiger partial charge >= 0.3 is 0 Å². The van der Waals surface area contributed by atoms with Crippen molar-refractivity contribution < 1.29 is 4.79 Å². The fourth-order valence-corrected chi connectivity index (χ4v) is 2.39. The number of rotatable bonds is 3. The predicted octanol–water partition coefficient (Wildman–Crippen LogP) is 1.76. The zero-order chi connectivity index (χ0) is 16.9. The van der Waals surface area contributed by atoms with Gasteiger partial charge in [0.15, 0.2) is 5.11 Å². The predicted molar refractivity (Wildman–Crippen MR) is 96.2 cm³/mol. The van der Waals surface area contributed by atoms with Gasteiger partial charge in [-0.2, -0.15) is 0 Å². The van der Waals surface area contributed by atoms with Crippen molar-refractivity contribution in [3.63, 3.8) is 0 Å². The molecule has 0 bridgehead atoms. The molecule has 0 saturated heterocycles. The minimum absolute atomic E-state index is 0.0422. The van der Waals surface area contributed by atoms with Crippen LogP contribution < -0.4 is 16.2 Å². The molecule has 0 aliphatic heterocycles. The average Bonchev–Trinajstić information content (AvgIpc) is 2.96. The number of anilines is 1. The van der Waals surface area contributed by atoms with Gasteiger partial charge in [-0.05, 0) is 49.0 Å². The van der Waals surface area contributed by atoms with Crippen molar-refractivity contribution in [1.29, 1.82) is 0 Å². The van der Waals surface area contributed by atoms with Crippen LogP contribution in [-0.2, 0) is 11.3 Å². The summed E-state index contributed by atoms with van der Waals surface area (Å²) in [6, 6.07) is 15.2. The molecule has 2 aromatic carbocycles. The fourth-order valence-electron chi connectivity index (χ4n) is 2.22. The lowest BCUT2D eigenvalue weighted by molar-refractivity contribution is -0.122. The number of nitrogens with one attached hydrogen (secondary N) is 3. The summed E-state index contributed by atoms with van der Waals surface area (Å²) < 4.78 is 1.53. The first-order chi connectivity index (χ1) is 11.6. The number of benzene rings is 2. The van der Waals surface area contributed by atoms with E-state index in [-0.39, 0.29) is 12.5 Å². The molecule has 122 valence electrons. The van der Waals surface area contributed by atoms with E-state index in [9.17, 15) is 4.79 Å². The second-order valence-electron chi connectivity index (χ2n) is 5.23. The molecule has 0 radical (unpaired) electrons. The van der Waals surface area contributed by atoms with E-state index in [0.29, 0.717) is 5.11 Å². The Balaban J connectivity index is 1.53. The Labute approximate surface area is 144 Å². The van der Waals surface area contributed by atoms with Gasteiger partial charge in [0.25, 0.3) is 5.91 Å². The number of thiocarbonyl (C=S) groups is 1. The zero-order valence-corrected chi connectivity index (χ0v) is 13.8. The monoisotopic (exact) mass is 340 g/mol. The number of hydrogen-bond acceptors (Lipinski definition) is 4. The molecule has 3 aromatic rings. The molecule has 3 N–H and O–H groups in total. The molecule has 1 amide bonds. The molecule has 1 heterocycles. The van der Waals surface area contributed by atoms with E-state index in [4.69, 9.17) is 12.2 Å². The van der Waals surface area contributed by atoms with Crippen LogP contribution in [0.15, 0.2) is 48.5 Å². The highest BCUT2D eigenvalue weighted by Crippen LogP contribution is 2.10. The van der Waals surface area contributed by atoms with E-state index < -0.39 is 0 Å². The van der Waals surface area contributed by atoms with Crippen LogP contribution in [0.1, 0.15) is 5.56 Å². The van der Waals surface area contributed by atoms with Gasteiger partial charge in [0.05, 0.1) is 5.52 Å². The number of aryl methyl sites for hydroxylation is 1. The Morgan fingerprint density at radius 1 is 1.17 bits per heavy atom. The Morgan fingerprint density at radius 3 is 2.83 bits per heavy atom. The molecule has 1 aromatic heterocycles. The van der Waals surface area contributed by atoms with Crippen LogP contribution in [0.3, 0.4) is 0 Å². The molecule has 0 saturated carbocycles. The number of hydrogen-bond donors (Lipinski definition) is 3. The lowest BCUT2D eigenvalue weighted by atomic mass is 10.2. The van der Waals surface area contributed by atoms with E-state index >= 15 is 0 Å². The molecule has 7 nitrogen and oxygen atoms in total. The topological polar surface area (TPSA) is 83.9 Å². The zero-order valence-electron chi connectivity index (χ0n) is 13.0. The maximum absolute atomic E-state index is 12.0. The summed E-state index contributed by atoms with van der Waals surface area (Å²) >= 11 is 5.15. The Kier molecular flexibility index (Phi) is 4.66. The molecular weight excluding hydrogens is 324 g/mol. The minimum atomic E-state index is -0.279. The van der Waals surface area contributed by atoms with E-state index in [1.165, 1.54) is 4.68 Å². The highest BCUT2D eigenvalue weighted by atomic mass is 32.1. The molecule has 0 aliphatic rings. The highest BCUT2D eigenvalue weighted by Gasteiger charge is 2.08. The van der Waals surface area contributed by atoms with Crippen molar-refractivity contribution >= 4 is 40.0 Å². The standard InChI is InChI=1S/C16H16N6OS/c1-11-5-4-6-12(9-11)17-16(24)20-19-15(23)10-22-14-8-3-2-7-13(14)18-21-22/h2-9H,10H2,1H3,(H,19,23)(H2,17,20,24). The van der Waals surface area contributed by atoms with E-state index in [1.807, 2.05) is 55.5 Å². The second-order valence-corrected chi connectivity index (χ2v) is 5.64. The summed E-state index contributed by atoms with van der Waals surface area (Å²) in [5.74, 6) is -0.279. The molecule has 3 rings (SSSR count). The fraction of sp³-hybridized carbons (Fsp3) is 0.125. The molecule has 0 unspecified atom stereocenters. The number of nitrogens with zero attached hydrogens (tertiary/aromatic N) is 3. The third kappa shape index (κ3) is 3.85. The van der Waals surface area contributed by atoms with Crippen molar-refractivity contribution in [1.82, 2.24) is 25.8 Å². The minimum Gasteiger partial charge on any atom is -0.331 e. The molecule has 24 heavy (non-hydrogen) atoms. The summed E-state index contributed by atoms with van der Waals surface area (Å²) in [5, 5.41) is 11.3. The normalized spacial score (nSPS) is 10.4. The Bertz CT molecular complexity index is 891. The number of amides is 1. The lowest BCUT2D eigenvalue weighted by Gasteiger charge is -2.12. The molecular formula is C16H16N6OS. The van der Waals surface area contributed by atoms with Crippen LogP contribution >= 0.6 is 12.2 Å². The van der Waals surface area contributed by atoms with Crippen LogP contribution in [0, 0.1) is 6.92 Å². The van der Waals surface area contributed by atoms with Gasteiger partial charge in [-0.15, -0.1) is 5.10 Å². The number of carbonyl (C=O) groups excluding carboxylic acids is 1. The molecule has 0 fully saturated rings. The van der Waals surface area contributed by atoms with Gasteiger partial charge in [0.2, 0.25) is 0 Å². The van der Waals surface area contributed by atoms with Crippen molar-refractivity contribution in [2.45, 2.75) is 13.5 Å². The summed E-state index contributed by atoms with van der Waals surface area (Å²) in [4.78, 5) is 12.0. The van der Waals surface area contributed by atoms with Crippen LogP contribution in [0.25, 0.3) is 11.0 Å². The van der Waals surface area contributed by atoms with Crippen LogP contribution in [0.5, 0.6) is 0 Å². The smallest absolute Gasteiger partial charge is 0.260 e. The first-order valence-corrected chi connectivity index (χ1v) is 7.73. The van der Waals surface area contributed by atoms with E-state index in [2.05, 4.69) is 26.5 Å². The number of hydrazine groups is 1. The van der Waals surface area contributed by atoms with Gasteiger partial charge in [-0.25, -0.2) is 4.68 Å². The maximum Gasteiger partial charge on any atom is 0.260 e. The second kappa shape index (κ2) is 7.05. The average molecular weight is 340 g/mol. The van der Waals surface area contributed by atoms with Gasteiger partial charge in [0, 0.05) is 5.69 Å². The molecule has 0 atom stereocenters. The van der Waals surface area contributed by atoms with Gasteiger partial charge in [-0.1, -0.05) is 29.5 Å². The number of aromatic nitrogens is 3. The molecule has 0 aliphatic carbocycles. The van der Waals surface area contributed by atoms with Crippen molar-refractivity contribution in [3.05, 3.63) is 54.1 Å². The number of para-hydroxylation sites is 1. The quantitative estimate of drug-likeness (QED) is 0.498. The number of carbonyl (C=O) groups is 1. The van der Waals surface area contributed by atoms with E-state index in [0.717, 1.165) is 22.3 Å². The first-order valence-electron chi connectivity index (χ1n) is 7.32. The first kappa shape index (κ1) is 15.9.